The van der Waals surface area contributed by atoms with Gasteiger partial charge in [0.15, 0.2) is 0 Å². The highest BCUT2D eigenvalue weighted by molar-refractivity contribution is 4.85. The minimum atomic E-state index is 0.400. The molecule has 3 heteroatoms. The molecule has 1 aliphatic rings. The molecule has 0 aromatic carbocycles. The molecule has 0 heterocycles. The quantitative estimate of drug-likeness (QED) is 0.663. The number of rotatable bonds is 3. The third-order valence-electron chi connectivity index (χ3n) is 2.94. The van der Waals surface area contributed by atoms with Gasteiger partial charge in [0.2, 0.25) is 0 Å². The van der Waals surface area contributed by atoms with E-state index >= 15 is 0 Å². The van der Waals surface area contributed by atoms with Crippen LogP contribution in [0.2, 0.25) is 0 Å². The molecule has 3 nitrogen and oxygen atoms in total. The Morgan fingerprint density at radius 1 is 1.38 bits per heavy atom. The van der Waals surface area contributed by atoms with Gasteiger partial charge in [-0.15, -0.1) is 0 Å². The van der Waals surface area contributed by atoms with Crippen molar-refractivity contribution in [2.24, 2.45) is 5.73 Å². The summed E-state index contributed by atoms with van der Waals surface area (Å²) in [4.78, 5) is 2.26. The maximum atomic E-state index is 8.63. The molecule has 0 radical (unpaired) electrons. The zero-order chi connectivity index (χ0) is 9.68. The lowest BCUT2D eigenvalue weighted by atomic mass is 9.91. The monoisotopic (exact) mass is 181 g/mol. The van der Waals surface area contributed by atoms with Gasteiger partial charge in [-0.25, -0.2) is 0 Å². The third-order valence-corrected chi connectivity index (χ3v) is 2.94. The van der Waals surface area contributed by atoms with E-state index in [-0.39, 0.29) is 0 Å². The highest BCUT2D eigenvalue weighted by Gasteiger charge is 2.22. The Balaban J connectivity index is 2.37. The van der Waals surface area contributed by atoms with E-state index in [1.54, 1.807) is 0 Å². The van der Waals surface area contributed by atoms with Crippen LogP contribution in [0.1, 0.15) is 32.6 Å². The largest absolute Gasteiger partial charge is 0.328 e. The van der Waals surface area contributed by atoms with Gasteiger partial charge in [-0.3, -0.25) is 4.90 Å². The van der Waals surface area contributed by atoms with Crippen molar-refractivity contribution >= 4 is 0 Å². The van der Waals surface area contributed by atoms with E-state index in [9.17, 15) is 0 Å². The van der Waals surface area contributed by atoms with E-state index in [1.807, 2.05) is 0 Å². The second-order valence-electron chi connectivity index (χ2n) is 3.79. The normalized spacial score (nSPS) is 28.8. The second kappa shape index (κ2) is 5.21. The van der Waals surface area contributed by atoms with Crippen LogP contribution in [-0.4, -0.2) is 30.1 Å². The number of nitrogens with two attached hydrogens (primary N) is 1. The van der Waals surface area contributed by atoms with E-state index in [1.165, 1.54) is 0 Å². The summed E-state index contributed by atoms with van der Waals surface area (Å²) in [6.07, 6.45) is 4.56. The highest BCUT2D eigenvalue weighted by atomic mass is 15.1. The van der Waals surface area contributed by atoms with Crippen molar-refractivity contribution in [3.8, 4) is 6.07 Å². The minimum absolute atomic E-state index is 0.400. The predicted octanol–water partition coefficient (Wildman–Crippen LogP) is 1.10. The molecule has 0 aromatic rings. The van der Waals surface area contributed by atoms with Crippen molar-refractivity contribution in [1.29, 1.82) is 5.26 Å². The van der Waals surface area contributed by atoms with Gasteiger partial charge in [-0.05, 0) is 32.2 Å². The summed E-state index contributed by atoms with van der Waals surface area (Å²) in [5.41, 5.74) is 5.83. The Kier molecular flexibility index (Phi) is 4.20. The molecule has 1 aliphatic carbocycles. The lowest BCUT2D eigenvalue weighted by Crippen LogP contribution is -2.40. The molecule has 0 aliphatic heterocycles. The maximum absolute atomic E-state index is 8.63. The Bertz CT molecular complexity index is 177. The highest BCUT2D eigenvalue weighted by Crippen LogP contribution is 2.21. The molecule has 0 bridgehead atoms. The van der Waals surface area contributed by atoms with E-state index < -0.39 is 0 Å². The summed E-state index contributed by atoms with van der Waals surface area (Å²) in [5.74, 6) is 0. The van der Waals surface area contributed by atoms with Crippen molar-refractivity contribution < 1.29 is 0 Å². The molecular weight excluding hydrogens is 162 g/mol. The molecule has 0 amide bonds. The molecule has 13 heavy (non-hydrogen) atoms. The van der Waals surface area contributed by atoms with E-state index in [2.05, 4.69) is 17.9 Å². The molecule has 1 rings (SSSR count). The smallest absolute Gasteiger partial charge is 0.0868 e. The van der Waals surface area contributed by atoms with Gasteiger partial charge < -0.3 is 5.73 Å². The molecule has 74 valence electrons. The fourth-order valence-electron chi connectivity index (χ4n) is 2.06. The molecule has 1 saturated carbocycles. The molecule has 0 aromatic heterocycles. The first-order valence-electron chi connectivity index (χ1n) is 5.14. The average molecular weight is 181 g/mol. The molecule has 0 saturated heterocycles. The van der Waals surface area contributed by atoms with E-state index in [4.69, 9.17) is 11.0 Å². The first kappa shape index (κ1) is 10.5. The maximum Gasteiger partial charge on any atom is 0.0868 e. The summed E-state index contributed by atoms with van der Waals surface area (Å²) < 4.78 is 0. The predicted molar refractivity (Wildman–Crippen MR) is 53.1 cm³/mol. The molecule has 0 unspecified atom stereocenters. The fraction of sp³-hybridized carbons (Fsp3) is 0.900. The van der Waals surface area contributed by atoms with Crippen LogP contribution in [0.15, 0.2) is 0 Å². The molecule has 1 fully saturated rings. The van der Waals surface area contributed by atoms with Gasteiger partial charge in [0.25, 0.3) is 0 Å². The Hall–Kier alpha value is -0.590. The van der Waals surface area contributed by atoms with Crippen LogP contribution in [0, 0.1) is 11.3 Å². The summed E-state index contributed by atoms with van der Waals surface area (Å²) in [7, 11) is 0. The van der Waals surface area contributed by atoms with Crippen molar-refractivity contribution in [3.05, 3.63) is 0 Å². The van der Waals surface area contributed by atoms with Crippen LogP contribution < -0.4 is 5.73 Å². The van der Waals surface area contributed by atoms with Crippen molar-refractivity contribution in [2.75, 3.05) is 13.1 Å². The van der Waals surface area contributed by atoms with Gasteiger partial charge in [0.05, 0.1) is 12.6 Å². The number of hydrogen-bond acceptors (Lipinski definition) is 3. The minimum Gasteiger partial charge on any atom is -0.328 e. The second-order valence-corrected chi connectivity index (χ2v) is 3.79. The standard InChI is InChI=1S/C10H19N3/c1-2-13(8-7-11)10-5-3-9(12)4-6-10/h9-10H,2-6,8,12H2,1H3. The fourth-order valence-corrected chi connectivity index (χ4v) is 2.06. The summed E-state index contributed by atoms with van der Waals surface area (Å²) in [6.45, 7) is 3.66. The zero-order valence-electron chi connectivity index (χ0n) is 8.37. The number of nitriles is 1. The van der Waals surface area contributed by atoms with Gasteiger partial charge in [-0.2, -0.15) is 5.26 Å². The Morgan fingerprint density at radius 3 is 2.46 bits per heavy atom. The first-order valence-corrected chi connectivity index (χ1v) is 5.14. The lowest BCUT2D eigenvalue weighted by molar-refractivity contribution is 0.174. The van der Waals surface area contributed by atoms with Crippen molar-refractivity contribution in [3.63, 3.8) is 0 Å². The van der Waals surface area contributed by atoms with Crippen molar-refractivity contribution in [2.45, 2.75) is 44.7 Å². The van der Waals surface area contributed by atoms with Crippen LogP contribution in [0.5, 0.6) is 0 Å². The van der Waals surface area contributed by atoms with E-state index in [0.717, 1.165) is 32.2 Å². The molecule has 0 spiro atoms. The first-order chi connectivity index (χ1) is 6.27. The number of nitrogens with zero attached hydrogens (tertiary/aromatic N) is 2. The zero-order valence-corrected chi connectivity index (χ0v) is 8.37. The van der Waals surface area contributed by atoms with Crippen LogP contribution >= 0.6 is 0 Å². The Labute approximate surface area is 80.5 Å². The SMILES string of the molecule is CCN(CC#N)C1CCC(N)CC1. The van der Waals surface area contributed by atoms with Crippen molar-refractivity contribution in [1.82, 2.24) is 4.90 Å². The molecule has 0 atom stereocenters. The molecular formula is C10H19N3. The van der Waals surface area contributed by atoms with Gasteiger partial charge >= 0.3 is 0 Å². The average Bonchev–Trinajstić information content (AvgIpc) is 2.16. The van der Waals surface area contributed by atoms with Crippen LogP contribution in [0.25, 0.3) is 0 Å². The van der Waals surface area contributed by atoms with Gasteiger partial charge in [-0.1, -0.05) is 6.92 Å². The van der Waals surface area contributed by atoms with Gasteiger partial charge in [0.1, 0.15) is 0 Å². The lowest BCUT2D eigenvalue weighted by Gasteiger charge is -2.33. The van der Waals surface area contributed by atoms with Gasteiger partial charge in [0, 0.05) is 12.1 Å². The summed E-state index contributed by atoms with van der Waals surface area (Å²) >= 11 is 0. The number of hydrogen-bond donors (Lipinski definition) is 1. The van der Waals surface area contributed by atoms with Crippen LogP contribution in [-0.2, 0) is 0 Å². The summed E-state index contributed by atoms with van der Waals surface area (Å²) in [6, 6.07) is 3.22. The molecule has 2 N–H and O–H groups in total. The topological polar surface area (TPSA) is 53.0 Å². The summed E-state index contributed by atoms with van der Waals surface area (Å²) in [5, 5.41) is 8.63. The Morgan fingerprint density at radius 2 is 2.00 bits per heavy atom. The van der Waals surface area contributed by atoms with Crippen LogP contribution in [0.4, 0.5) is 0 Å². The third kappa shape index (κ3) is 2.98. The van der Waals surface area contributed by atoms with E-state index in [0.29, 0.717) is 18.6 Å². The van der Waals surface area contributed by atoms with Crippen LogP contribution in [0.3, 0.4) is 0 Å².